The van der Waals surface area contributed by atoms with Crippen LogP contribution in [-0.2, 0) is 4.79 Å². The average Bonchev–Trinajstić information content (AvgIpc) is 2.08. The molecular weight excluding hydrogens is 204 g/mol. The third kappa shape index (κ3) is 2.50. The van der Waals surface area contributed by atoms with Crippen LogP contribution >= 0.6 is 0 Å². The van der Waals surface area contributed by atoms with Crippen molar-refractivity contribution in [1.29, 1.82) is 0 Å². The van der Waals surface area contributed by atoms with Gasteiger partial charge in [-0.05, 0) is 20.2 Å². The van der Waals surface area contributed by atoms with Crippen molar-refractivity contribution in [3.8, 4) is 0 Å². The smallest absolute Gasteiger partial charge is 0.325 e. The number of halogens is 2. The Balaban J connectivity index is 3.17. The number of carboxylic acid groups (broad SMARTS) is 1. The zero-order valence-electron chi connectivity index (χ0n) is 8.37. The molecule has 3 nitrogen and oxygen atoms in total. The van der Waals surface area contributed by atoms with Gasteiger partial charge in [-0.15, -0.1) is 0 Å². The van der Waals surface area contributed by atoms with Crippen LogP contribution < -0.4 is 0 Å². The third-order valence-corrected chi connectivity index (χ3v) is 2.01. The van der Waals surface area contributed by atoms with E-state index in [4.69, 9.17) is 5.11 Å². The Hall–Kier alpha value is -1.49. The van der Waals surface area contributed by atoms with Gasteiger partial charge in [0.1, 0.15) is 17.7 Å². The van der Waals surface area contributed by atoms with Crippen LogP contribution in [0.1, 0.15) is 11.6 Å². The number of likely N-dealkylation sites (N-methyl/N-ethyl adjacent to an activating group) is 1. The van der Waals surface area contributed by atoms with Crippen LogP contribution in [0.2, 0.25) is 0 Å². The molecule has 1 aromatic rings. The fourth-order valence-electron chi connectivity index (χ4n) is 1.36. The van der Waals surface area contributed by atoms with Crippen molar-refractivity contribution in [2.75, 3.05) is 14.1 Å². The monoisotopic (exact) mass is 215 g/mol. The zero-order valence-corrected chi connectivity index (χ0v) is 8.37. The lowest BCUT2D eigenvalue weighted by Gasteiger charge is -2.20. The first-order chi connectivity index (χ1) is 6.93. The van der Waals surface area contributed by atoms with E-state index in [0.29, 0.717) is 6.07 Å². The molecule has 0 aromatic heterocycles. The summed E-state index contributed by atoms with van der Waals surface area (Å²) in [4.78, 5) is 12.2. The molecule has 0 radical (unpaired) electrons. The first-order valence-electron chi connectivity index (χ1n) is 4.27. The summed E-state index contributed by atoms with van der Waals surface area (Å²) < 4.78 is 25.9. The van der Waals surface area contributed by atoms with E-state index < -0.39 is 23.6 Å². The van der Waals surface area contributed by atoms with E-state index in [9.17, 15) is 13.6 Å². The second-order valence-corrected chi connectivity index (χ2v) is 3.37. The Morgan fingerprint density at radius 3 is 2.40 bits per heavy atom. The molecule has 1 rings (SSSR count). The van der Waals surface area contributed by atoms with Crippen molar-refractivity contribution < 1.29 is 18.7 Å². The van der Waals surface area contributed by atoms with Gasteiger partial charge in [0.2, 0.25) is 0 Å². The predicted octanol–water partition coefficient (Wildman–Crippen LogP) is 1.65. The molecule has 82 valence electrons. The minimum atomic E-state index is -1.18. The molecule has 0 aliphatic carbocycles. The highest BCUT2D eigenvalue weighted by molar-refractivity contribution is 5.75. The zero-order chi connectivity index (χ0) is 11.6. The lowest BCUT2D eigenvalue weighted by Crippen LogP contribution is -2.28. The summed E-state index contributed by atoms with van der Waals surface area (Å²) in [5.74, 6) is -2.75. The number of rotatable bonds is 3. The number of carbonyl (C=O) groups is 1. The summed E-state index contributed by atoms with van der Waals surface area (Å²) in [6, 6.07) is 1.75. The summed E-state index contributed by atoms with van der Waals surface area (Å²) in [6.45, 7) is 0. The molecule has 1 atom stereocenters. The van der Waals surface area contributed by atoms with E-state index in [0.717, 1.165) is 12.1 Å². The minimum absolute atomic E-state index is 0.0473. The van der Waals surface area contributed by atoms with Crippen molar-refractivity contribution in [1.82, 2.24) is 4.90 Å². The minimum Gasteiger partial charge on any atom is -0.480 e. The highest BCUT2D eigenvalue weighted by Crippen LogP contribution is 2.22. The quantitative estimate of drug-likeness (QED) is 0.833. The summed E-state index contributed by atoms with van der Waals surface area (Å²) in [5.41, 5.74) is -0.0473. The van der Waals surface area contributed by atoms with Crippen LogP contribution in [-0.4, -0.2) is 30.1 Å². The Morgan fingerprint density at radius 1 is 1.40 bits per heavy atom. The predicted molar refractivity (Wildman–Crippen MR) is 50.4 cm³/mol. The van der Waals surface area contributed by atoms with E-state index in [1.54, 1.807) is 0 Å². The number of hydrogen-bond acceptors (Lipinski definition) is 2. The number of benzene rings is 1. The topological polar surface area (TPSA) is 40.5 Å². The molecule has 0 aliphatic heterocycles. The molecule has 0 spiro atoms. The van der Waals surface area contributed by atoms with Crippen LogP contribution in [0.5, 0.6) is 0 Å². The summed E-state index contributed by atoms with van der Waals surface area (Å²) in [5, 5.41) is 8.89. The Labute approximate surface area is 85.9 Å². The fraction of sp³-hybridized carbons (Fsp3) is 0.300. The Kier molecular flexibility index (Phi) is 3.36. The van der Waals surface area contributed by atoms with Gasteiger partial charge in [0.05, 0.1) is 0 Å². The van der Waals surface area contributed by atoms with E-state index >= 15 is 0 Å². The molecule has 0 unspecified atom stereocenters. The van der Waals surface area contributed by atoms with Gasteiger partial charge in [0, 0.05) is 11.6 Å². The van der Waals surface area contributed by atoms with Gasteiger partial charge in [0.25, 0.3) is 0 Å². The van der Waals surface area contributed by atoms with Gasteiger partial charge in [-0.3, -0.25) is 9.69 Å². The van der Waals surface area contributed by atoms with Gasteiger partial charge in [-0.2, -0.15) is 0 Å². The molecule has 0 saturated heterocycles. The van der Waals surface area contributed by atoms with Crippen molar-refractivity contribution >= 4 is 5.97 Å². The molecule has 0 fully saturated rings. The van der Waals surface area contributed by atoms with E-state index in [1.807, 2.05) is 0 Å². The molecule has 0 saturated carbocycles. The van der Waals surface area contributed by atoms with Crippen LogP contribution in [0.25, 0.3) is 0 Å². The first kappa shape index (κ1) is 11.6. The number of aliphatic carboxylic acids is 1. The second-order valence-electron chi connectivity index (χ2n) is 3.37. The largest absolute Gasteiger partial charge is 0.480 e. The third-order valence-electron chi connectivity index (χ3n) is 2.01. The van der Waals surface area contributed by atoms with Crippen molar-refractivity contribution in [3.63, 3.8) is 0 Å². The van der Waals surface area contributed by atoms with E-state index in [1.165, 1.54) is 19.0 Å². The lowest BCUT2D eigenvalue weighted by molar-refractivity contribution is -0.142. The number of carboxylic acids is 1. The van der Waals surface area contributed by atoms with Gasteiger partial charge < -0.3 is 5.11 Å². The van der Waals surface area contributed by atoms with E-state index in [-0.39, 0.29) is 5.56 Å². The van der Waals surface area contributed by atoms with Crippen molar-refractivity contribution in [2.24, 2.45) is 0 Å². The van der Waals surface area contributed by atoms with Crippen LogP contribution in [0, 0.1) is 11.6 Å². The maximum absolute atomic E-state index is 13.3. The molecule has 0 bridgehead atoms. The fourth-order valence-corrected chi connectivity index (χ4v) is 1.36. The molecule has 0 heterocycles. The highest BCUT2D eigenvalue weighted by atomic mass is 19.1. The van der Waals surface area contributed by atoms with Gasteiger partial charge in [-0.25, -0.2) is 8.78 Å². The van der Waals surface area contributed by atoms with Gasteiger partial charge in [0.15, 0.2) is 0 Å². The summed E-state index contributed by atoms with van der Waals surface area (Å²) in [7, 11) is 3.03. The van der Waals surface area contributed by atoms with Gasteiger partial charge >= 0.3 is 5.97 Å². The molecule has 0 aliphatic rings. The average molecular weight is 215 g/mol. The SMILES string of the molecule is CN(C)[C@@H](C(=O)O)c1ccc(F)cc1F. The number of hydrogen-bond donors (Lipinski definition) is 1. The summed E-state index contributed by atoms with van der Waals surface area (Å²) in [6.07, 6.45) is 0. The summed E-state index contributed by atoms with van der Waals surface area (Å²) >= 11 is 0. The molecule has 1 aromatic carbocycles. The van der Waals surface area contributed by atoms with Crippen molar-refractivity contribution in [2.45, 2.75) is 6.04 Å². The van der Waals surface area contributed by atoms with Crippen LogP contribution in [0.4, 0.5) is 8.78 Å². The maximum atomic E-state index is 13.3. The van der Waals surface area contributed by atoms with Crippen LogP contribution in [0.3, 0.4) is 0 Å². The molecule has 1 N–H and O–H groups in total. The van der Waals surface area contributed by atoms with E-state index in [2.05, 4.69) is 0 Å². The van der Waals surface area contributed by atoms with Crippen LogP contribution in [0.15, 0.2) is 18.2 Å². The maximum Gasteiger partial charge on any atom is 0.325 e. The standard InChI is InChI=1S/C10H11F2NO2/c1-13(2)9(10(14)15)7-4-3-6(11)5-8(7)12/h3-5,9H,1-2H3,(H,14,15)/t9-/m1/s1. The van der Waals surface area contributed by atoms with Crippen molar-refractivity contribution in [3.05, 3.63) is 35.4 Å². The first-order valence-corrected chi connectivity index (χ1v) is 4.27. The van der Waals surface area contributed by atoms with Gasteiger partial charge in [-0.1, -0.05) is 6.07 Å². The molecule has 0 amide bonds. The molecule has 15 heavy (non-hydrogen) atoms. The normalized spacial score (nSPS) is 12.9. The number of nitrogens with zero attached hydrogens (tertiary/aromatic N) is 1. The Morgan fingerprint density at radius 2 is 2.00 bits per heavy atom. The Bertz CT molecular complexity index is 380. The second kappa shape index (κ2) is 4.35. The lowest BCUT2D eigenvalue weighted by atomic mass is 10.1. The molecule has 5 heteroatoms. The highest BCUT2D eigenvalue weighted by Gasteiger charge is 2.25. The molecular formula is C10H11F2NO2.